The molecular formula is C13H15N3O3. The van der Waals surface area contributed by atoms with Crippen LogP contribution in [0, 0.1) is 28.4 Å². The van der Waals surface area contributed by atoms with E-state index in [1.165, 1.54) is 23.1 Å². The fraction of sp³-hybridized carbons (Fsp3) is 0.385. The summed E-state index contributed by atoms with van der Waals surface area (Å²) >= 11 is 0. The first-order chi connectivity index (χ1) is 8.88. The van der Waals surface area contributed by atoms with Crippen LogP contribution >= 0.6 is 0 Å². The molecule has 0 N–H and O–H groups in total. The first-order valence-corrected chi connectivity index (χ1v) is 5.77. The van der Waals surface area contributed by atoms with E-state index in [9.17, 15) is 14.9 Å². The molecule has 0 spiro atoms. The lowest BCUT2D eigenvalue weighted by molar-refractivity contribution is -0.385. The lowest BCUT2D eigenvalue weighted by atomic mass is 10.1. The second-order valence-electron chi connectivity index (χ2n) is 4.39. The van der Waals surface area contributed by atoms with Crippen molar-refractivity contribution in [2.24, 2.45) is 0 Å². The van der Waals surface area contributed by atoms with E-state index in [-0.39, 0.29) is 24.1 Å². The number of carbonyl (C=O) groups is 1. The largest absolute Gasteiger partial charge is 0.338 e. The summed E-state index contributed by atoms with van der Waals surface area (Å²) in [5.74, 6) is -0.249. The van der Waals surface area contributed by atoms with Gasteiger partial charge in [-0.25, -0.2) is 0 Å². The summed E-state index contributed by atoms with van der Waals surface area (Å²) in [5.41, 5.74) is 0.817. The van der Waals surface area contributed by atoms with Crippen molar-refractivity contribution in [3.63, 3.8) is 0 Å². The van der Waals surface area contributed by atoms with Crippen molar-refractivity contribution in [3.8, 4) is 6.07 Å². The molecule has 0 saturated heterocycles. The first kappa shape index (κ1) is 14.6. The van der Waals surface area contributed by atoms with Gasteiger partial charge in [0.1, 0.15) is 0 Å². The maximum absolute atomic E-state index is 12.1. The summed E-state index contributed by atoms with van der Waals surface area (Å²) < 4.78 is 0. The standard InChI is InChI=1S/C13H15N3O3/c1-9-8-11(4-5-12(9)16(18)19)13(17)15(3)10(2)6-7-14/h4-5,8,10H,6H2,1-3H3. The van der Waals surface area contributed by atoms with Gasteiger partial charge in [0.25, 0.3) is 11.6 Å². The number of nitrogens with zero attached hydrogens (tertiary/aromatic N) is 3. The number of nitro benzene ring substituents is 1. The molecule has 0 saturated carbocycles. The minimum absolute atomic E-state index is 0.00993. The molecule has 6 nitrogen and oxygen atoms in total. The SMILES string of the molecule is Cc1cc(C(=O)N(C)C(C)CC#N)ccc1[N+](=O)[O-]. The highest BCUT2D eigenvalue weighted by Gasteiger charge is 2.19. The average Bonchev–Trinajstić information content (AvgIpc) is 2.36. The quantitative estimate of drug-likeness (QED) is 0.614. The van der Waals surface area contributed by atoms with Crippen LogP contribution < -0.4 is 0 Å². The van der Waals surface area contributed by atoms with E-state index in [0.29, 0.717) is 11.1 Å². The third-order valence-electron chi connectivity index (χ3n) is 3.01. The van der Waals surface area contributed by atoms with Crippen LogP contribution in [0.2, 0.25) is 0 Å². The fourth-order valence-corrected chi connectivity index (χ4v) is 1.67. The fourth-order valence-electron chi connectivity index (χ4n) is 1.67. The van der Waals surface area contributed by atoms with Crippen molar-refractivity contribution in [2.75, 3.05) is 7.05 Å². The van der Waals surface area contributed by atoms with Crippen LogP contribution in [0.25, 0.3) is 0 Å². The summed E-state index contributed by atoms with van der Waals surface area (Å²) in [6, 6.07) is 6.06. The number of aryl methyl sites for hydroxylation is 1. The van der Waals surface area contributed by atoms with Crippen LogP contribution in [0.4, 0.5) is 5.69 Å². The molecule has 1 aromatic carbocycles. The molecule has 0 aliphatic rings. The van der Waals surface area contributed by atoms with E-state index < -0.39 is 4.92 Å². The normalized spacial score (nSPS) is 11.5. The van der Waals surface area contributed by atoms with E-state index >= 15 is 0 Å². The Kier molecular flexibility index (Phi) is 4.59. The zero-order chi connectivity index (χ0) is 14.6. The number of nitro groups is 1. The van der Waals surface area contributed by atoms with Gasteiger partial charge >= 0.3 is 0 Å². The van der Waals surface area contributed by atoms with Gasteiger partial charge in [-0.15, -0.1) is 0 Å². The molecule has 1 atom stereocenters. The Morgan fingerprint density at radius 1 is 1.58 bits per heavy atom. The van der Waals surface area contributed by atoms with Gasteiger partial charge in [0.15, 0.2) is 0 Å². The lowest BCUT2D eigenvalue weighted by Crippen LogP contribution is -2.34. The molecule has 6 heteroatoms. The van der Waals surface area contributed by atoms with E-state index in [1.54, 1.807) is 20.9 Å². The van der Waals surface area contributed by atoms with Gasteiger partial charge in [-0.2, -0.15) is 5.26 Å². The average molecular weight is 261 g/mol. The number of rotatable bonds is 4. The molecule has 0 bridgehead atoms. The number of benzene rings is 1. The number of hydrogen-bond donors (Lipinski definition) is 0. The molecule has 0 fully saturated rings. The van der Waals surface area contributed by atoms with Crippen LogP contribution in [0.15, 0.2) is 18.2 Å². The van der Waals surface area contributed by atoms with Crippen molar-refractivity contribution in [1.29, 1.82) is 5.26 Å². The van der Waals surface area contributed by atoms with Crippen molar-refractivity contribution < 1.29 is 9.72 Å². The van der Waals surface area contributed by atoms with Gasteiger partial charge in [-0.05, 0) is 26.0 Å². The maximum atomic E-state index is 12.1. The molecule has 0 aromatic heterocycles. The zero-order valence-electron chi connectivity index (χ0n) is 11.1. The number of carbonyl (C=O) groups excluding carboxylic acids is 1. The Morgan fingerprint density at radius 3 is 2.68 bits per heavy atom. The molecule has 0 radical (unpaired) electrons. The highest BCUT2D eigenvalue weighted by molar-refractivity contribution is 5.94. The Morgan fingerprint density at radius 2 is 2.21 bits per heavy atom. The van der Waals surface area contributed by atoms with Crippen LogP contribution in [0.1, 0.15) is 29.3 Å². The third kappa shape index (κ3) is 3.28. The molecule has 1 rings (SSSR count). The van der Waals surface area contributed by atoms with Crippen LogP contribution in [-0.2, 0) is 0 Å². The van der Waals surface area contributed by atoms with Gasteiger partial charge in [-0.3, -0.25) is 14.9 Å². The molecule has 100 valence electrons. The molecule has 0 aliphatic heterocycles. The van der Waals surface area contributed by atoms with Gasteiger partial charge in [-0.1, -0.05) is 0 Å². The van der Waals surface area contributed by atoms with Crippen LogP contribution in [0.3, 0.4) is 0 Å². The third-order valence-corrected chi connectivity index (χ3v) is 3.01. The minimum Gasteiger partial charge on any atom is -0.338 e. The van der Waals surface area contributed by atoms with E-state index in [2.05, 4.69) is 0 Å². The van der Waals surface area contributed by atoms with Gasteiger partial charge in [0, 0.05) is 30.3 Å². The topological polar surface area (TPSA) is 87.2 Å². The molecule has 0 aliphatic carbocycles. The smallest absolute Gasteiger partial charge is 0.272 e. The van der Waals surface area contributed by atoms with Crippen molar-refractivity contribution in [1.82, 2.24) is 4.90 Å². The van der Waals surface area contributed by atoms with E-state index in [1.807, 2.05) is 6.07 Å². The van der Waals surface area contributed by atoms with Crippen molar-refractivity contribution in [2.45, 2.75) is 26.3 Å². The molecule has 1 unspecified atom stereocenters. The summed E-state index contributed by atoms with van der Waals surface area (Å²) in [6.45, 7) is 3.37. The van der Waals surface area contributed by atoms with Gasteiger partial charge < -0.3 is 4.90 Å². The monoisotopic (exact) mass is 261 g/mol. The van der Waals surface area contributed by atoms with Gasteiger partial charge in [0.05, 0.1) is 17.4 Å². The summed E-state index contributed by atoms with van der Waals surface area (Å²) in [6.07, 6.45) is 0.244. The minimum atomic E-state index is -0.481. The lowest BCUT2D eigenvalue weighted by Gasteiger charge is -2.23. The van der Waals surface area contributed by atoms with E-state index in [0.717, 1.165) is 0 Å². The Bertz CT molecular complexity index is 549. The number of amides is 1. The van der Waals surface area contributed by atoms with Crippen molar-refractivity contribution >= 4 is 11.6 Å². The Labute approximate surface area is 111 Å². The summed E-state index contributed by atoms with van der Waals surface area (Å²) in [7, 11) is 1.61. The Hall–Kier alpha value is -2.42. The van der Waals surface area contributed by atoms with Gasteiger partial charge in [0.2, 0.25) is 0 Å². The molecule has 0 heterocycles. The van der Waals surface area contributed by atoms with E-state index in [4.69, 9.17) is 5.26 Å². The predicted octanol–water partition coefficient (Wildman–Crippen LogP) is 2.28. The van der Waals surface area contributed by atoms with Crippen LogP contribution in [-0.4, -0.2) is 28.8 Å². The first-order valence-electron chi connectivity index (χ1n) is 5.77. The van der Waals surface area contributed by atoms with Crippen molar-refractivity contribution in [3.05, 3.63) is 39.4 Å². The zero-order valence-corrected chi connectivity index (χ0v) is 11.1. The second kappa shape index (κ2) is 5.96. The highest BCUT2D eigenvalue weighted by atomic mass is 16.6. The number of nitriles is 1. The molecule has 1 amide bonds. The van der Waals surface area contributed by atoms with Crippen LogP contribution in [0.5, 0.6) is 0 Å². The second-order valence-corrected chi connectivity index (χ2v) is 4.39. The molecule has 1 aromatic rings. The number of hydrogen-bond acceptors (Lipinski definition) is 4. The molecule has 19 heavy (non-hydrogen) atoms. The molecular weight excluding hydrogens is 246 g/mol. The maximum Gasteiger partial charge on any atom is 0.272 e. The summed E-state index contributed by atoms with van der Waals surface area (Å²) in [4.78, 5) is 23.8. The Balaban J connectivity index is 2.98. The highest BCUT2D eigenvalue weighted by Crippen LogP contribution is 2.20. The summed E-state index contributed by atoms with van der Waals surface area (Å²) in [5, 5.41) is 19.3. The predicted molar refractivity (Wildman–Crippen MR) is 69.6 cm³/mol.